The van der Waals surface area contributed by atoms with Gasteiger partial charge in [0.2, 0.25) is 5.91 Å². The normalized spacial score (nSPS) is 13.4. The summed E-state index contributed by atoms with van der Waals surface area (Å²) < 4.78 is 5.74. The second-order valence-corrected chi connectivity index (χ2v) is 9.29. The number of hydrogen-bond donors (Lipinski definition) is 3. The lowest BCUT2D eigenvalue weighted by molar-refractivity contribution is -0.149. The quantitative estimate of drug-likeness (QED) is 0.300. The minimum Gasteiger partial charge on any atom is -0.481 e. The van der Waals surface area contributed by atoms with Crippen LogP contribution in [0.1, 0.15) is 35.8 Å². The van der Waals surface area contributed by atoms with Crippen LogP contribution in [0.25, 0.3) is 10.9 Å². The van der Waals surface area contributed by atoms with E-state index in [1.54, 1.807) is 43.3 Å². The van der Waals surface area contributed by atoms with Crippen molar-refractivity contribution in [3.05, 3.63) is 75.9 Å². The largest absolute Gasteiger partial charge is 0.481 e. The first-order valence-electron chi connectivity index (χ1n) is 11.3. The van der Waals surface area contributed by atoms with Crippen LogP contribution < -0.4 is 5.32 Å². The lowest BCUT2D eigenvalue weighted by atomic mass is 9.99. The summed E-state index contributed by atoms with van der Waals surface area (Å²) >= 11 is 12.1. The van der Waals surface area contributed by atoms with Crippen molar-refractivity contribution in [3.63, 3.8) is 0 Å². The molecule has 1 heterocycles. The highest BCUT2D eigenvalue weighted by atomic mass is 35.5. The van der Waals surface area contributed by atoms with E-state index in [2.05, 4.69) is 10.3 Å². The molecule has 9 nitrogen and oxygen atoms in total. The molecule has 0 fully saturated rings. The SMILES string of the molecule is C[C@H](NC(=O)CC(CC(=O)O)C(=O)O)[C@H](Cc1ccc(Cl)c(Cl)c1)OC(=O)c1ccc2ccccc2n1. The molecule has 0 bridgehead atoms. The number of nitrogens with one attached hydrogen (secondary N) is 1. The predicted molar refractivity (Wildman–Crippen MR) is 137 cm³/mol. The number of esters is 1. The summed E-state index contributed by atoms with van der Waals surface area (Å²) in [6.07, 6.45) is -2.00. The lowest BCUT2D eigenvalue weighted by Crippen LogP contribution is -2.45. The van der Waals surface area contributed by atoms with Crippen LogP contribution in [0.5, 0.6) is 0 Å². The average molecular weight is 547 g/mol. The van der Waals surface area contributed by atoms with Crippen molar-refractivity contribution in [2.45, 2.75) is 38.3 Å². The molecule has 1 aromatic heterocycles. The van der Waals surface area contributed by atoms with E-state index < -0.39 is 54.7 Å². The maximum Gasteiger partial charge on any atom is 0.357 e. The molecule has 1 unspecified atom stereocenters. The first-order valence-corrected chi connectivity index (χ1v) is 12.0. The number of aliphatic carboxylic acids is 2. The zero-order valence-electron chi connectivity index (χ0n) is 19.7. The fourth-order valence-electron chi connectivity index (χ4n) is 3.68. The summed E-state index contributed by atoms with van der Waals surface area (Å²) in [5.41, 5.74) is 1.36. The number of aromatic nitrogens is 1. The minimum atomic E-state index is -1.40. The Balaban J connectivity index is 1.79. The van der Waals surface area contributed by atoms with Crippen LogP contribution in [0.15, 0.2) is 54.6 Å². The average Bonchev–Trinajstić information content (AvgIpc) is 2.84. The lowest BCUT2D eigenvalue weighted by Gasteiger charge is -2.26. The van der Waals surface area contributed by atoms with E-state index in [0.29, 0.717) is 21.1 Å². The number of benzene rings is 2. The van der Waals surface area contributed by atoms with Crippen molar-refractivity contribution in [3.8, 4) is 0 Å². The van der Waals surface area contributed by atoms with Gasteiger partial charge in [0.1, 0.15) is 11.8 Å². The van der Waals surface area contributed by atoms with Crippen LogP contribution in [0.4, 0.5) is 0 Å². The summed E-state index contributed by atoms with van der Waals surface area (Å²) in [5.74, 6) is -5.54. The van der Waals surface area contributed by atoms with Gasteiger partial charge in [-0.15, -0.1) is 0 Å². The number of carboxylic acid groups (broad SMARTS) is 2. The standard InChI is InChI=1S/C26H24Cl2N2O7/c1-14(29-23(31)12-17(25(34)35)13-24(32)33)22(11-15-6-8-18(27)19(28)10-15)37-26(36)21-9-7-16-4-2-3-5-20(16)30-21/h2-10,14,17,22H,11-13H2,1H3,(H,29,31)(H,32,33)(H,34,35)/t14-,17?,22-/m0/s1. The minimum absolute atomic E-state index is 0.0729. The number of nitrogens with zero attached hydrogens (tertiary/aromatic N) is 1. The molecule has 0 spiro atoms. The smallest absolute Gasteiger partial charge is 0.357 e. The molecule has 3 rings (SSSR count). The van der Waals surface area contributed by atoms with Gasteiger partial charge in [0, 0.05) is 18.2 Å². The van der Waals surface area contributed by atoms with Crippen LogP contribution in [0.3, 0.4) is 0 Å². The van der Waals surface area contributed by atoms with Crippen LogP contribution in [0.2, 0.25) is 10.0 Å². The Morgan fingerprint density at radius 1 is 0.973 bits per heavy atom. The Hall–Kier alpha value is -3.69. The molecule has 0 aliphatic carbocycles. The van der Waals surface area contributed by atoms with Gasteiger partial charge in [-0.1, -0.05) is 53.5 Å². The maximum atomic E-state index is 13.0. The third-order valence-corrected chi connectivity index (χ3v) is 6.37. The molecule has 0 radical (unpaired) electrons. The van der Waals surface area contributed by atoms with Gasteiger partial charge in [0.15, 0.2) is 0 Å². The summed E-state index contributed by atoms with van der Waals surface area (Å²) in [4.78, 5) is 52.2. The number of halogens is 2. The first-order chi connectivity index (χ1) is 17.5. The molecule has 194 valence electrons. The molecule has 2 aromatic carbocycles. The molecular weight excluding hydrogens is 523 g/mol. The van der Waals surface area contributed by atoms with Gasteiger partial charge in [0.05, 0.1) is 33.9 Å². The van der Waals surface area contributed by atoms with Crippen LogP contribution >= 0.6 is 23.2 Å². The van der Waals surface area contributed by atoms with Crippen molar-refractivity contribution in [1.82, 2.24) is 10.3 Å². The van der Waals surface area contributed by atoms with E-state index in [1.807, 2.05) is 12.1 Å². The van der Waals surface area contributed by atoms with Gasteiger partial charge < -0.3 is 20.3 Å². The van der Waals surface area contributed by atoms with Crippen molar-refractivity contribution in [2.24, 2.45) is 5.92 Å². The van der Waals surface area contributed by atoms with E-state index in [1.165, 1.54) is 6.07 Å². The number of fused-ring (bicyclic) bond motifs is 1. The van der Waals surface area contributed by atoms with Crippen LogP contribution in [0, 0.1) is 5.92 Å². The van der Waals surface area contributed by atoms with Gasteiger partial charge in [-0.25, -0.2) is 9.78 Å². The predicted octanol–water partition coefficient (Wildman–Crippen LogP) is 4.38. The monoisotopic (exact) mass is 546 g/mol. The van der Waals surface area contributed by atoms with E-state index in [-0.39, 0.29) is 12.1 Å². The summed E-state index contributed by atoms with van der Waals surface area (Å²) in [6, 6.07) is 14.7. The maximum absolute atomic E-state index is 13.0. The molecule has 37 heavy (non-hydrogen) atoms. The van der Waals surface area contributed by atoms with Crippen molar-refractivity contribution < 1.29 is 34.1 Å². The topological polar surface area (TPSA) is 143 Å². The molecule has 1 amide bonds. The van der Waals surface area contributed by atoms with E-state index in [0.717, 1.165) is 5.39 Å². The zero-order chi connectivity index (χ0) is 27.1. The molecule has 0 aliphatic rings. The molecule has 0 saturated carbocycles. The number of amides is 1. The number of para-hydroxylation sites is 1. The summed E-state index contributed by atoms with van der Waals surface area (Å²) in [7, 11) is 0. The van der Waals surface area contributed by atoms with E-state index in [9.17, 15) is 24.3 Å². The Labute approximate surface area is 222 Å². The third-order valence-electron chi connectivity index (χ3n) is 5.64. The highest BCUT2D eigenvalue weighted by molar-refractivity contribution is 6.42. The first kappa shape index (κ1) is 27.9. The Bertz CT molecular complexity index is 1330. The summed E-state index contributed by atoms with van der Waals surface area (Å²) in [5, 5.41) is 22.3. The fraction of sp³-hybridized carbons (Fsp3) is 0.269. The number of pyridine rings is 1. The van der Waals surface area contributed by atoms with E-state index >= 15 is 0 Å². The molecule has 3 N–H and O–H groups in total. The van der Waals surface area contributed by atoms with Gasteiger partial charge in [0.25, 0.3) is 0 Å². The Morgan fingerprint density at radius 3 is 2.38 bits per heavy atom. The van der Waals surface area contributed by atoms with Gasteiger partial charge in [-0.3, -0.25) is 14.4 Å². The second-order valence-electron chi connectivity index (χ2n) is 8.48. The molecule has 0 saturated heterocycles. The Morgan fingerprint density at radius 2 is 1.70 bits per heavy atom. The fourth-order valence-corrected chi connectivity index (χ4v) is 4.00. The zero-order valence-corrected chi connectivity index (χ0v) is 21.2. The van der Waals surface area contributed by atoms with Crippen molar-refractivity contribution in [2.75, 3.05) is 0 Å². The molecular formula is C26H24Cl2N2O7. The summed E-state index contributed by atoms with van der Waals surface area (Å²) in [6.45, 7) is 1.59. The van der Waals surface area contributed by atoms with Gasteiger partial charge in [-0.05, 0) is 36.8 Å². The number of hydrogen-bond acceptors (Lipinski definition) is 6. The number of rotatable bonds is 11. The van der Waals surface area contributed by atoms with Crippen molar-refractivity contribution in [1.29, 1.82) is 0 Å². The number of carbonyl (C=O) groups is 4. The number of carboxylic acids is 2. The molecule has 11 heteroatoms. The van der Waals surface area contributed by atoms with Crippen LogP contribution in [-0.4, -0.2) is 51.2 Å². The Kier molecular flexibility index (Phi) is 9.43. The van der Waals surface area contributed by atoms with Crippen LogP contribution in [-0.2, 0) is 25.5 Å². The highest BCUT2D eigenvalue weighted by Crippen LogP contribution is 2.24. The van der Waals surface area contributed by atoms with Gasteiger partial charge in [-0.2, -0.15) is 0 Å². The third kappa shape index (κ3) is 7.90. The molecule has 0 aliphatic heterocycles. The van der Waals surface area contributed by atoms with E-state index in [4.69, 9.17) is 33.0 Å². The highest BCUT2D eigenvalue weighted by Gasteiger charge is 2.28. The molecule has 3 aromatic rings. The number of ether oxygens (including phenoxy) is 1. The number of carbonyl (C=O) groups excluding carboxylic acids is 2. The second kappa shape index (κ2) is 12.5. The van der Waals surface area contributed by atoms with Gasteiger partial charge >= 0.3 is 17.9 Å². The molecule has 3 atom stereocenters. The van der Waals surface area contributed by atoms with Crippen molar-refractivity contribution >= 4 is 57.9 Å².